The third-order valence-electron chi connectivity index (χ3n) is 3.59. The van der Waals surface area contributed by atoms with Crippen LogP contribution in [0.3, 0.4) is 0 Å². The van der Waals surface area contributed by atoms with Crippen molar-refractivity contribution in [3.05, 3.63) is 71.5 Å². The minimum atomic E-state index is -0.339. The van der Waals surface area contributed by atoms with Crippen LogP contribution >= 0.6 is 34.1 Å². The first-order valence-corrected chi connectivity index (χ1v) is 9.04. The number of aromatic nitrogens is 2. The number of allylic oxidation sites excluding steroid dienone is 4. The van der Waals surface area contributed by atoms with Gasteiger partial charge >= 0.3 is 10.6 Å². The number of nitrogens with zero attached hydrogens (tertiary/aromatic N) is 2. The summed E-state index contributed by atoms with van der Waals surface area (Å²) in [6.45, 7) is 0.154. The predicted molar refractivity (Wildman–Crippen MR) is 98.6 cm³/mol. The second kappa shape index (κ2) is 6.96. The van der Waals surface area contributed by atoms with E-state index in [0.29, 0.717) is 0 Å². The first-order valence-electron chi connectivity index (χ1n) is 7.19. The van der Waals surface area contributed by atoms with Gasteiger partial charge in [-0.1, -0.05) is 18.2 Å². The highest BCUT2D eigenvalue weighted by molar-refractivity contribution is 14.1. The minimum absolute atomic E-state index is 0.154. The highest BCUT2D eigenvalue weighted by atomic mass is 127. The minimum Gasteiger partial charge on any atom is -0.255 e. The highest BCUT2D eigenvalue weighted by Crippen LogP contribution is 2.23. The fourth-order valence-corrected chi connectivity index (χ4v) is 3.92. The molecule has 4 nitrogen and oxygen atoms in total. The fraction of sp³-hybridized carbons (Fsp3) is 0.250. The molecule has 1 heterocycles. The SMILES string of the molecule is O=c1sn(C2=CC(I)=CCCC2)c(=O)n1Cc1ccc(F)cc1. The van der Waals surface area contributed by atoms with Crippen molar-refractivity contribution in [1.29, 1.82) is 0 Å². The molecule has 0 amide bonds. The van der Waals surface area contributed by atoms with Crippen LogP contribution in [0.1, 0.15) is 24.8 Å². The Kier molecular flexibility index (Phi) is 4.96. The molecule has 1 aromatic carbocycles. The van der Waals surface area contributed by atoms with Crippen LogP contribution in [0.5, 0.6) is 0 Å². The van der Waals surface area contributed by atoms with Crippen LogP contribution in [0.2, 0.25) is 0 Å². The molecule has 0 saturated heterocycles. The average molecular weight is 444 g/mol. The molecule has 7 heteroatoms. The van der Waals surface area contributed by atoms with E-state index in [9.17, 15) is 14.0 Å². The Morgan fingerprint density at radius 2 is 1.96 bits per heavy atom. The van der Waals surface area contributed by atoms with Gasteiger partial charge in [0.15, 0.2) is 0 Å². The van der Waals surface area contributed by atoms with Crippen molar-refractivity contribution in [2.24, 2.45) is 0 Å². The average Bonchev–Trinajstić information content (AvgIpc) is 2.69. The van der Waals surface area contributed by atoms with Crippen LogP contribution in [-0.4, -0.2) is 8.52 Å². The van der Waals surface area contributed by atoms with Gasteiger partial charge in [0.05, 0.1) is 6.54 Å². The summed E-state index contributed by atoms with van der Waals surface area (Å²) in [5.41, 5.74) is 1.25. The van der Waals surface area contributed by atoms with Gasteiger partial charge in [0, 0.05) is 20.8 Å². The van der Waals surface area contributed by atoms with E-state index in [-0.39, 0.29) is 22.9 Å². The summed E-state index contributed by atoms with van der Waals surface area (Å²) in [7, 11) is 0. The maximum Gasteiger partial charge on any atom is 0.345 e. The van der Waals surface area contributed by atoms with Crippen LogP contribution < -0.4 is 10.6 Å². The lowest BCUT2D eigenvalue weighted by atomic mass is 10.2. The Hall–Kier alpha value is -1.48. The van der Waals surface area contributed by atoms with Crippen molar-refractivity contribution in [3.8, 4) is 0 Å². The summed E-state index contributed by atoms with van der Waals surface area (Å²) in [4.78, 5) is 24.5. The standard InChI is InChI=1S/C16H14FIN2O2S/c17-12-7-5-11(6-8-12)10-19-15(21)20(23-16(19)22)14-4-2-1-3-13(18)9-14/h3,5-9H,1-2,4,10H2. The van der Waals surface area contributed by atoms with Gasteiger partial charge in [-0.05, 0) is 65.6 Å². The maximum atomic E-state index is 13.0. The van der Waals surface area contributed by atoms with E-state index in [0.717, 1.165) is 45.6 Å². The lowest BCUT2D eigenvalue weighted by molar-refractivity contribution is 0.625. The molecule has 0 saturated carbocycles. The number of hydrogen-bond acceptors (Lipinski definition) is 3. The fourth-order valence-electron chi connectivity index (χ4n) is 2.41. The molecule has 0 aliphatic heterocycles. The van der Waals surface area contributed by atoms with Gasteiger partial charge in [-0.15, -0.1) is 0 Å². The predicted octanol–water partition coefficient (Wildman–Crippen LogP) is 3.60. The molecule has 120 valence electrons. The summed E-state index contributed by atoms with van der Waals surface area (Å²) < 4.78 is 16.7. The van der Waals surface area contributed by atoms with E-state index in [1.165, 1.54) is 20.7 Å². The maximum absolute atomic E-state index is 13.0. The quantitative estimate of drug-likeness (QED) is 0.680. The van der Waals surface area contributed by atoms with Crippen LogP contribution in [0.15, 0.2) is 49.6 Å². The molecular weight excluding hydrogens is 430 g/mol. The zero-order valence-corrected chi connectivity index (χ0v) is 15.1. The second-order valence-corrected chi connectivity index (χ2v) is 7.41. The molecule has 1 aromatic heterocycles. The Balaban J connectivity index is 1.97. The van der Waals surface area contributed by atoms with E-state index in [4.69, 9.17) is 0 Å². The molecule has 0 unspecified atom stereocenters. The molecule has 0 N–H and O–H groups in total. The third kappa shape index (κ3) is 3.72. The molecule has 2 aromatic rings. The molecule has 1 aliphatic carbocycles. The van der Waals surface area contributed by atoms with Gasteiger partial charge < -0.3 is 0 Å². The van der Waals surface area contributed by atoms with E-state index >= 15 is 0 Å². The Morgan fingerprint density at radius 3 is 2.70 bits per heavy atom. The van der Waals surface area contributed by atoms with Crippen LogP contribution in [-0.2, 0) is 6.54 Å². The van der Waals surface area contributed by atoms with Gasteiger partial charge in [0.25, 0.3) is 0 Å². The third-order valence-corrected chi connectivity index (χ3v) is 5.29. The molecule has 23 heavy (non-hydrogen) atoms. The number of rotatable bonds is 3. The van der Waals surface area contributed by atoms with Crippen molar-refractivity contribution in [2.45, 2.75) is 25.8 Å². The number of benzene rings is 1. The van der Waals surface area contributed by atoms with Crippen molar-refractivity contribution in [2.75, 3.05) is 0 Å². The largest absolute Gasteiger partial charge is 0.345 e. The van der Waals surface area contributed by atoms with Crippen molar-refractivity contribution >= 4 is 39.8 Å². The summed E-state index contributed by atoms with van der Waals surface area (Å²) in [5.74, 6) is -0.339. The summed E-state index contributed by atoms with van der Waals surface area (Å²) >= 11 is 3.15. The number of halogens is 2. The monoisotopic (exact) mass is 444 g/mol. The lowest BCUT2D eigenvalue weighted by Crippen LogP contribution is -2.29. The molecule has 0 atom stereocenters. The Bertz CT molecular complexity index is 890. The van der Waals surface area contributed by atoms with Gasteiger partial charge in [-0.3, -0.25) is 4.79 Å². The lowest BCUT2D eigenvalue weighted by Gasteiger charge is -2.04. The molecular formula is C16H14FIN2O2S. The van der Waals surface area contributed by atoms with Crippen molar-refractivity contribution < 1.29 is 4.39 Å². The Morgan fingerprint density at radius 1 is 1.22 bits per heavy atom. The van der Waals surface area contributed by atoms with E-state index in [1.54, 1.807) is 12.1 Å². The van der Waals surface area contributed by atoms with Gasteiger partial charge in [0.2, 0.25) is 0 Å². The van der Waals surface area contributed by atoms with Crippen molar-refractivity contribution in [3.63, 3.8) is 0 Å². The molecule has 0 fully saturated rings. The number of hydrogen-bond donors (Lipinski definition) is 0. The normalized spacial score (nSPS) is 15.0. The molecule has 3 rings (SSSR count). The summed E-state index contributed by atoms with van der Waals surface area (Å²) in [6.07, 6.45) is 6.76. The summed E-state index contributed by atoms with van der Waals surface area (Å²) in [5, 5.41) is 0. The van der Waals surface area contributed by atoms with E-state index in [2.05, 4.69) is 28.7 Å². The van der Waals surface area contributed by atoms with E-state index in [1.807, 2.05) is 6.08 Å². The smallest absolute Gasteiger partial charge is 0.255 e. The molecule has 1 aliphatic rings. The molecule has 0 bridgehead atoms. The first-order chi connectivity index (χ1) is 11.0. The zero-order chi connectivity index (χ0) is 16.4. The van der Waals surface area contributed by atoms with Gasteiger partial charge in [-0.25, -0.2) is 17.7 Å². The molecule has 0 radical (unpaired) electrons. The van der Waals surface area contributed by atoms with Crippen molar-refractivity contribution in [1.82, 2.24) is 8.52 Å². The van der Waals surface area contributed by atoms with E-state index < -0.39 is 0 Å². The molecule has 0 spiro atoms. The van der Waals surface area contributed by atoms with Gasteiger partial charge in [-0.2, -0.15) is 0 Å². The Labute approximate surface area is 149 Å². The topological polar surface area (TPSA) is 44.0 Å². The second-order valence-electron chi connectivity index (χ2n) is 5.26. The first kappa shape index (κ1) is 16.4. The van der Waals surface area contributed by atoms with Crippen LogP contribution in [0.4, 0.5) is 4.39 Å². The summed E-state index contributed by atoms with van der Waals surface area (Å²) in [6, 6.07) is 5.82. The highest BCUT2D eigenvalue weighted by Gasteiger charge is 2.15. The van der Waals surface area contributed by atoms with Crippen LogP contribution in [0.25, 0.3) is 5.70 Å². The van der Waals surface area contributed by atoms with Gasteiger partial charge in [0.1, 0.15) is 5.82 Å². The zero-order valence-electron chi connectivity index (χ0n) is 12.2. The van der Waals surface area contributed by atoms with Crippen LogP contribution in [0, 0.1) is 5.82 Å².